The van der Waals surface area contributed by atoms with Gasteiger partial charge in [-0.05, 0) is 18.6 Å². The van der Waals surface area contributed by atoms with E-state index in [-0.39, 0.29) is 12.0 Å². The molecule has 1 saturated heterocycles. The first-order valence-corrected chi connectivity index (χ1v) is 5.14. The van der Waals surface area contributed by atoms with E-state index < -0.39 is 5.95 Å². The van der Waals surface area contributed by atoms with Crippen LogP contribution in [0.1, 0.15) is 16.8 Å². The Bertz CT molecular complexity index is 380. The van der Waals surface area contributed by atoms with Crippen LogP contribution in [-0.4, -0.2) is 42.1 Å². The molecule has 1 unspecified atom stereocenters. The number of ether oxygens (including phenoxy) is 1. The molecule has 0 bridgehead atoms. The molecule has 5 heteroatoms. The minimum atomic E-state index is -0.576. The van der Waals surface area contributed by atoms with Gasteiger partial charge < -0.3 is 9.64 Å². The van der Waals surface area contributed by atoms with Crippen molar-refractivity contribution >= 4 is 5.91 Å². The van der Waals surface area contributed by atoms with E-state index in [2.05, 4.69) is 4.98 Å². The lowest BCUT2D eigenvalue weighted by atomic mass is 10.2. The van der Waals surface area contributed by atoms with Crippen molar-refractivity contribution in [2.24, 2.45) is 0 Å². The second-order valence-corrected chi connectivity index (χ2v) is 3.77. The highest BCUT2D eigenvalue weighted by Crippen LogP contribution is 2.15. The summed E-state index contributed by atoms with van der Waals surface area (Å²) in [4.78, 5) is 17.1. The van der Waals surface area contributed by atoms with Gasteiger partial charge in [-0.3, -0.25) is 4.79 Å². The molecule has 1 fully saturated rings. The van der Waals surface area contributed by atoms with Gasteiger partial charge in [-0.2, -0.15) is 4.39 Å². The summed E-state index contributed by atoms with van der Waals surface area (Å²) < 4.78 is 17.8. The molecule has 1 aromatic heterocycles. The van der Waals surface area contributed by atoms with Crippen LogP contribution in [0.3, 0.4) is 0 Å². The maximum absolute atomic E-state index is 12.6. The number of pyridine rings is 1. The summed E-state index contributed by atoms with van der Waals surface area (Å²) in [6.45, 7) is 1.27. The number of rotatable bonds is 2. The minimum absolute atomic E-state index is 0.109. The van der Waals surface area contributed by atoms with Crippen LogP contribution < -0.4 is 0 Å². The topological polar surface area (TPSA) is 42.4 Å². The van der Waals surface area contributed by atoms with Gasteiger partial charge in [0, 0.05) is 26.4 Å². The van der Waals surface area contributed by atoms with Crippen molar-refractivity contribution in [2.45, 2.75) is 12.5 Å². The molecule has 1 aromatic rings. The van der Waals surface area contributed by atoms with Gasteiger partial charge in [-0.25, -0.2) is 4.98 Å². The summed E-state index contributed by atoms with van der Waals surface area (Å²) in [6, 6.07) is 2.64. The van der Waals surface area contributed by atoms with Crippen LogP contribution in [0.5, 0.6) is 0 Å². The summed E-state index contributed by atoms with van der Waals surface area (Å²) in [7, 11) is 1.64. The zero-order valence-electron chi connectivity index (χ0n) is 9.02. The van der Waals surface area contributed by atoms with Crippen molar-refractivity contribution in [3.8, 4) is 0 Å². The molecule has 1 aliphatic heterocycles. The second-order valence-electron chi connectivity index (χ2n) is 3.77. The second kappa shape index (κ2) is 4.57. The van der Waals surface area contributed by atoms with Gasteiger partial charge in [0.25, 0.3) is 5.91 Å². The van der Waals surface area contributed by atoms with Gasteiger partial charge in [0.2, 0.25) is 5.95 Å². The van der Waals surface area contributed by atoms with Gasteiger partial charge in [-0.1, -0.05) is 0 Å². The third-order valence-corrected chi connectivity index (χ3v) is 2.74. The van der Waals surface area contributed by atoms with Crippen LogP contribution in [0, 0.1) is 5.95 Å². The first-order chi connectivity index (χ1) is 7.70. The Labute approximate surface area is 93.0 Å². The van der Waals surface area contributed by atoms with Crippen LogP contribution in [0.25, 0.3) is 0 Å². The summed E-state index contributed by atoms with van der Waals surface area (Å²) in [5, 5.41) is 0. The number of nitrogens with zero attached hydrogens (tertiary/aromatic N) is 2. The number of hydrogen-bond donors (Lipinski definition) is 0. The molecule has 4 nitrogen and oxygen atoms in total. The molecule has 0 saturated carbocycles. The number of hydrogen-bond acceptors (Lipinski definition) is 3. The lowest BCUT2D eigenvalue weighted by molar-refractivity contribution is 0.0723. The average molecular weight is 224 g/mol. The molecule has 2 rings (SSSR count). The fourth-order valence-corrected chi connectivity index (χ4v) is 1.79. The molecule has 0 radical (unpaired) electrons. The van der Waals surface area contributed by atoms with Gasteiger partial charge in [0.05, 0.1) is 11.7 Å². The Morgan fingerprint density at radius 1 is 1.62 bits per heavy atom. The Morgan fingerprint density at radius 2 is 2.44 bits per heavy atom. The van der Waals surface area contributed by atoms with Crippen molar-refractivity contribution < 1.29 is 13.9 Å². The number of likely N-dealkylation sites (tertiary alicyclic amines) is 1. The van der Waals surface area contributed by atoms with Crippen LogP contribution in [0.2, 0.25) is 0 Å². The summed E-state index contributed by atoms with van der Waals surface area (Å²) in [5.41, 5.74) is 0.415. The van der Waals surface area contributed by atoms with Gasteiger partial charge in [0.1, 0.15) is 0 Å². The van der Waals surface area contributed by atoms with Crippen LogP contribution in [-0.2, 0) is 4.74 Å². The zero-order chi connectivity index (χ0) is 11.5. The monoisotopic (exact) mass is 224 g/mol. The fraction of sp³-hybridized carbons (Fsp3) is 0.455. The van der Waals surface area contributed by atoms with Gasteiger partial charge >= 0.3 is 0 Å². The van der Waals surface area contributed by atoms with E-state index in [0.717, 1.165) is 6.42 Å². The Hall–Kier alpha value is -1.49. The first-order valence-electron chi connectivity index (χ1n) is 5.14. The summed E-state index contributed by atoms with van der Waals surface area (Å²) >= 11 is 0. The number of aromatic nitrogens is 1. The number of carbonyl (C=O) groups excluding carboxylic acids is 1. The molecule has 1 atom stereocenters. The summed E-state index contributed by atoms with van der Waals surface area (Å²) in [5.74, 6) is -0.695. The smallest absolute Gasteiger partial charge is 0.255 e. The molecule has 86 valence electrons. The molecule has 1 amide bonds. The standard InChI is InChI=1S/C11H13FN2O2/c1-16-9-4-5-14(7-9)11(15)8-2-3-10(12)13-6-8/h2-3,6,9H,4-5,7H2,1H3. The molecule has 0 aliphatic carbocycles. The van der Waals surface area contributed by atoms with E-state index in [1.54, 1.807) is 12.0 Å². The molecule has 2 heterocycles. The van der Waals surface area contributed by atoms with Crippen LogP contribution in [0.4, 0.5) is 4.39 Å². The first kappa shape index (κ1) is 11.0. The van der Waals surface area contributed by atoms with E-state index in [1.165, 1.54) is 18.3 Å². The summed E-state index contributed by atoms with van der Waals surface area (Å²) in [6.07, 6.45) is 2.21. The largest absolute Gasteiger partial charge is 0.380 e. The van der Waals surface area contributed by atoms with Gasteiger partial charge in [0.15, 0.2) is 0 Å². The van der Waals surface area contributed by atoms with Gasteiger partial charge in [-0.15, -0.1) is 0 Å². The Kier molecular flexibility index (Phi) is 3.14. The minimum Gasteiger partial charge on any atom is -0.380 e. The highest BCUT2D eigenvalue weighted by molar-refractivity contribution is 5.94. The van der Waals surface area contributed by atoms with Crippen molar-refractivity contribution in [1.82, 2.24) is 9.88 Å². The predicted molar refractivity (Wildman–Crippen MR) is 55.5 cm³/mol. The fourth-order valence-electron chi connectivity index (χ4n) is 1.79. The predicted octanol–water partition coefficient (Wildman–Crippen LogP) is 1.08. The van der Waals surface area contributed by atoms with E-state index in [1.807, 2.05) is 0 Å². The van der Waals surface area contributed by atoms with Crippen molar-refractivity contribution in [1.29, 1.82) is 0 Å². The lowest BCUT2D eigenvalue weighted by Gasteiger charge is -2.15. The Morgan fingerprint density at radius 3 is 3.00 bits per heavy atom. The number of methoxy groups -OCH3 is 1. The normalized spacial score (nSPS) is 20.1. The maximum atomic E-state index is 12.6. The van der Waals surface area contributed by atoms with Crippen LogP contribution >= 0.6 is 0 Å². The molecular weight excluding hydrogens is 211 g/mol. The molecule has 1 aliphatic rings. The Balaban J connectivity index is 2.05. The SMILES string of the molecule is COC1CCN(C(=O)c2ccc(F)nc2)C1. The van der Waals surface area contributed by atoms with Crippen LogP contribution in [0.15, 0.2) is 18.3 Å². The third-order valence-electron chi connectivity index (χ3n) is 2.74. The number of amides is 1. The molecule has 16 heavy (non-hydrogen) atoms. The molecule has 0 N–H and O–H groups in total. The quantitative estimate of drug-likeness (QED) is 0.706. The van der Waals surface area contributed by atoms with Crippen molar-refractivity contribution in [3.05, 3.63) is 29.8 Å². The van der Waals surface area contributed by atoms with E-state index >= 15 is 0 Å². The third kappa shape index (κ3) is 2.19. The molecule has 0 aromatic carbocycles. The molecular formula is C11H13FN2O2. The number of carbonyl (C=O) groups is 1. The highest BCUT2D eigenvalue weighted by Gasteiger charge is 2.26. The van der Waals surface area contributed by atoms with E-state index in [0.29, 0.717) is 18.7 Å². The lowest BCUT2D eigenvalue weighted by Crippen LogP contribution is -2.30. The highest BCUT2D eigenvalue weighted by atomic mass is 19.1. The number of halogens is 1. The maximum Gasteiger partial charge on any atom is 0.255 e. The average Bonchev–Trinajstić information content (AvgIpc) is 2.77. The zero-order valence-corrected chi connectivity index (χ0v) is 9.02. The molecule has 0 spiro atoms. The van der Waals surface area contributed by atoms with Crippen molar-refractivity contribution in [2.75, 3.05) is 20.2 Å². The van der Waals surface area contributed by atoms with E-state index in [4.69, 9.17) is 4.74 Å². The van der Waals surface area contributed by atoms with E-state index in [9.17, 15) is 9.18 Å². The van der Waals surface area contributed by atoms with Crippen molar-refractivity contribution in [3.63, 3.8) is 0 Å².